The third-order valence-electron chi connectivity index (χ3n) is 4.64. The van der Waals surface area contributed by atoms with Crippen LogP contribution in [0.5, 0.6) is 5.75 Å². The molecule has 0 saturated carbocycles. The summed E-state index contributed by atoms with van der Waals surface area (Å²) >= 11 is 0. The fraction of sp³-hybridized carbons (Fsp3) is 0.647. The molecule has 0 aromatic heterocycles. The van der Waals surface area contributed by atoms with Crippen molar-refractivity contribution in [2.45, 2.75) is 45.1 Å². The molecular weight excluding hydrogens is 248 g/mol. The second-order valence-electron chi connectivity index (χ2n) is 5.76. The molecule has 0 radical (unpaired) electrons. The van der Waals surface area contributed by atoms with Crippen molar-refractivity contribution in [1.29, 1.82) is 0 Å². The first-order chi connectivity index (χ1) is 9.71. The number of piperidine rings is 1. The lowest BCUT2D eigenvalue weighted by Gasteiger charge is -2.40. The number of ether oxygens (including phenoxy) is 1. The van der Waals surface area contributed by atoms with E-state index >= 15 is 0 Å². The molecule has 20 heavy (non-hydrogen) atoms. The van der Waals surface area contributed by atoms with Gasteiger partial charge in [-0.05, 0) is 50.0 Å². The summed E-state index contributed by atoms with van der Waals surface area (Å²) in [7, 11) is 1.72. The third kappa shape index (κ3) is 3.15. The van der Waals surface area contributed by atoms with Gasteiger partial charge in [0.25, 0.3) is 0 Å². The van der Waals surface area contributed by atoms with Crippen LogP contribution in [0.3, 0.4) is 0 Å². The van der Waals surface area contributed by atoms with Gasteiger partial charge in [-0.15, -0.1) is 0 Å². The van der Waals surface area contributed by atoms with Crippen LogP contribution in [0.15, 0.2) is 18.2 Å². The number of aryl methyl sites for hydroxylation is 1. The van der Waals surface area contributed by atoms with Crippen molar-refractivity contribution in [2.75, 3.05) is 26.7 Å². The summed E-state index contributed by atoms with van der Waals surface area (Å²) in [5.41, 5.74) is 8.67. The maximum atomic E-state index is 6.12. The topological polar surface area (TPSA) is 38.5 Å². The maximum absolute atomic E-state index is 6.12. The second-order valence-corrected chi connectivity index (χ2v) is 5.76. The van der Waals surface area contributed by atoms with Crippen LogP contribution < -0.4 is 10.5 Å². The zero-order chi connectivity index (χ0) is 14.5. The fourth-order valence-corrected chi connectivity index (χ4v) is 3.51. The molecule has 1 heterocycles. The van der Waals surface area contributed by atoms with Crippen LogP contribution in [0, 0.1) is 6.92 Å². The Bertz CT molecular complexity index is 433. The van der Waals surface area contributed by atoms with E-state index in [2.05, 4.69) is 36.9 Å². The first-order valence-electron chi connectivity index (χ1n) is 7.79. The predicted molar refractivity (Wildman–Crippen MR) is 84.4 cm³/mol. The average molecular weight is 276 g/mol. The van der Waals surface area contributed by atoms with Crippen LogP contribution in [0.25, 0.3) is 0 Å². The Balaban J connectivity index is 2.24. The number of nitrogens with zero attached hydrogens (tertiary/aromatic N) is 1. The second kappa shape index (κ2) is 7.09. The molecule has 1 aliphatic heterocycles. The molecule has 0 spiro atoms. The Kier molecular flexibility index (Phi) is 5.44. The minimum atomic E-state index is 0.430. The molecular formula is C17H28N2O. The number of likely N-dealkylation sites (tertiary alicyclic amines) is 1. The van der Waals surface area contributed by atoms with Crippen molar-refractivity contribution in [1.82, 2.24) is 4.90 Å². The van der Waals surface area contributed by atoms with E-state index in [1.165, 1.54) is 36.9 Å². The summed E-state index contributed by atoms with van der Waals surface area (Å²) in [5, 5.41) is 0. The van der Waals surface area contributed by atoms with E-state index in [9.17, 15) is 0 Å². The number of likely N-dealkylation sites (N-methyl/N-ethyl adjacent to an activating group) is 1. The van der Waals surface area contributed by atoms with Gasteiger partial charge in [0.15, 0.2) is 0 Å². The molecule has 0 bridgehead atoms. The molecule has 3 heteroatoms. The van der Waals surface area contributed by atoms with Gasteiger partial charge in [0.1, 0.15) is 5.75 Å². The van der Waals surface area contributed by atoms with Gasteiger partial charge in [0.05, 0.1) is 7.11 Å². The number of methoxy groups -OCH3 is 1. The molecule has 1 aromatic rings. The first kappa shape index (κ1) is 15.3. The van der Waals surface area contributed by atoms with Crippen LogP contribution in [0.2, 0.25) is 0 Å². The molecule has 1 aromatic carbocycles. The Morgan fingerprint density at radius 1 is 1.40 bits per heavy atom. The first-order valence-corrected chi connectivity index (χ1v) is 7.79. The standard InChI is InChI=1S/C17H28N2O/c1-4-19-10-6-5-7-16(19)15(12-18)14-8-9-17(20-3)13(2)11-14/h8-9,11,15-16H,4-7,10,12,18H2,1-3H3. The summed E-state index contributed by atoms with van der Waals surface area (Å²) in [6.45, 7) is 7.41. The van der Waals surface area contributed by atoms with E-state index in [0.29, 0.717) is 18.5 Å². The summed E-state index contributed by atoms with van der Waals surface area (Å²) < 4.78 is 5.36. The van der Waals surface area contributed by atoms with Crippen LogP contribution in [0.4, 0.5) is 0 Å². The van der Waals surface area contributed by atoms with E-state index in [-0.39, 0.29) is 0 Å². The van der Waals surface area contributed by atoms with Gasteiger partial charge in [-0.2, -0.15) is 0 Å². The Morgan fingerprint density at radius 3 is 2.80 bits per heavy atom. The smallest absolute Gasteiger partial charge is 0.121 e. The van der Waals surface area contributed by atoms with Crippen LogP contribution >= 0.6 is 0 Å². The van der Waals surface area contributed by atoms with E-state index in [1.807, 2.05) is 0 Å². The monoisotopic (exact) mass is 276 g/mol. The normalized spacial score (nSPS) is 21.7. The number of benzene rings is 1. The van der Waals surface area contributed by atoms with E-state index in [1.54, 1.807) is 7.11 Å². The minimum absolute atomic E-state index is 0.430. The van der Waals surface area contributed by atoms with Gasteiger partial charge >= 0.3 is 0 Å². The quantitative estimate of drug-likeness (QED) is 0.898. The molecule has 0 aliphatic carbocycles. The summed E-state index contributed by atoms with van der Waals surface area (Å²) in [6, 6.07) is 7.10. The highest BCUT2D eigenvalue weighted by Gasteiger charge is 2.29. The summed E-state index contributed by atoms with van der Waals surface area (Å²) in [5.74, 6) is 1.39. The number of hydrogen-bond donors (Lipinski definition) is 1. The van der Waals surface area contributed by atoms with Crippen LogP contribution in [-0.2, 0) is 0 Å². The molecule has 0 amide bonds. The molecule has 1 fully saturated rings. The zero-order valence-corrected chi connectivity index (χ0v) is 13.1. The number of nitrogens with two attached hydrogens (primary N) is 1. The molecule has 112 valence electrons. The molecule has 3 nitrogen and oxygen atoms in total. The number of rotatable bonds is 5. The van der Waals surface area contributed by atoms with Gasteiger partial charge in [0, 0.05) is 18.5 Å². The van der Waals surface area contributed by atoms with Crippen LogP contribution in [0.1, 0.15) is 43.2 Å². The fourth-order valence-electron chi connectivity index (χ4n) is 3.51. The van der Waals surface area contributed by atoms with Crippen molar-refractivity contribution >= 4 is 0 Å². The molecule has 2 unspecified atom stereocenters. The van der Waals surface area contributed by atoms with Crippen molar-refractivity contribution in [3.05, 3.63) is 29.3 Å². The highest BCUT2D eigenvalue weighted by Crippen LogP contribution is 2.31. The SMILES string of the molecule is CCN1CCCCC1C(CN)c1ccc(OC)c(C)c1. The van der Waals surface area contributed by atoms with Gasteiger partial charge < -0.3 is 15.4 Å². The summed E-state index contributed by atoms with van der Waals surface area (Å²) in [6.07, 6.45) is 3.91. The highest BCUT2D eigenvalue weighted by atomic mass is 16.5. The largest absolute Gasteiger partial charge is 0.496 e. The van der Waals surface area contributed by atoms with Crippen molar-refractivity contribution in [2.24, 2.45) is 5.73 Å². The van der Waals surface area contributed by atoms with E-state index in [4.69, 9.17) is 10.5 Å². The molecule has 1 aliphatic rings. The molecule has 1 saturated heterocycles. The highest BCUT2D eigenvalue weighted by molar-refractivity contribution is 5.38. The van der Waals surface area contributed by atoms with Crippen molar-refractivity contribution < 1.29 is 4.74 Å². The van der Waals surface area contributed by atoms with Gasteiger partial charge in [-0.3, -0.25) is 0 Å². The zero-order valence-electron chi connectivity index (χ0n) is 13.1. The average Bonchev–Trinajstić information content (AvgIpc) is 2.49. The maximum Gasteiger partial charge on any atom is 0.121 e. The Labute approximate surface area is 123 Å². The predicted octanol–water partition coefficient (Wildman–Crippen LogP) is 2.92. The lowest BCUT2D eigenvalue weighted by molar-refractivity contribution is 0.134. The van der Waals surface area contributed by atoms with Crippen molar-refractivity contribution in [3.63, 3.8) is 0 Å². The third-order valence-corrected chi connectivity index (χ3v) is 4.64. The Morgan fingerprint density at radius 2 is 2.20 bits per heavy atom. The van der Waals surface area contributed by atoms with Crippen molar-refractivity contribution in [3.8, 4) is 5.75 Å². The van der Waals surface area contributed by atoms with E-state index < -0.39 is 0 Å². The Hall–Kier alpha value is -1.06. The van der Waals surface area contributed by atoms with E-state index in [0.717, 1.165) is 12.3 Å². The lowest BCUT2D eigenvalue weighted by Crippen LogP contribution is -2.45. The van der Waals surface area contributed by atoms with Gasteiger partial charge in [-0.1, -0.05) is 25.5 Å². The van der Waals surface area contributed by atoms with Crippen LogP contribution in [-0.4, -0.2) is 37.7 Å². The lowest BCUT2D eigenvalue weighted by atomic mass is 9.84. The minimum Gasteiger partial charge on any atom is -0.496 e. The molecule has 2 atom stereocenters. The van der Waals surface area contributed by atoms with Gasteiger partial charge in [0.2, 0.25) is 0 Å². The van der Waals surface area contributed by atoms with Gasteiger partial charge in [-0.25, -0.2) is 0 Å². The molecule has 2 N–H and O–H groups in total. The summed E-state index contributed by atoms with van der Waals surface area (Å²) in [4.78, 5) is 2.60. The molecule has 2 rings (SSSR count). The number of hydrogen-bond acceptors (Lipinski definition) is 3.